The van der Waals surface area contributed by atoms with E-state index in [1.54, 1.807) is 6.92 Å². The standard InChI is InChI=1S/C17H24N2O3/c1-4-6-15-11(2)7-5-10-19(15)16(20)14-9-8-13(17(21)22)12(3)18-14/h8-9,11,15H,4-7,10H2,1-3H3,(H,21,22). The Kier molecular flexibility index (Phi) is 5.16. The lowest BCUT2D eigenvalue weighted by Crippen LogP contribution is -2.47. The molecular formula is C17H24N2O3. The first-order chi connectivity index (χ1) is 10.5. The normalized spacial score (nSPS) is 21.7. The van der Waals surface area contributed by atoms with E-state index in [9.17, 15) is 9.59 Å². The molecule has 1 aliphatic heterocycles. The zero-order chi connectivity index (χ0) is 16.3. The number of aromatic carboxylic acids is 1. The van der Waals surface area contributed by atoms with Crippen molar-refractivity contribution in [3.05, 3.63) is 29.1 Å². The summed E-state index contributed by atoms with van der Waals surface area (Å²) < 4.78 is 0. The molecule has 120 valence electrons. The van der Waals surface area contributed by atoms with Crippen LogP contribution in [-0.2, 0) is 0 Å². The lowest BCUT2D eigenvalue weighted by Gasteiger charge is -2.40. The second-order valence-electron chi connectivity index (χ2n) is 6.11. The van der Waals surface area contributed by atoms with Crippen LogP contribution in [-0.4, -0.2) is 39.5 Å². The topological polar surface area (TPSA) is 70.5 Å². The van der Waals surface area contributed by atoms with Crippen LogP contribution in [0.2, 0.25) is 0 Å². The predicted octanol–water partition coefficient (Wildman–Crippen LogP) is 3.13. The van der Waals surface area contributed by atoms with Crippen molar-refractivity contribution >= 4 is 11.9 Å². The number of aromatic nitrogens is 1. The fourth-order valence-electron chi connectivity index (χ4n) is 3.29. The third-order valence-electron chi connectivity index (χ3n) is 4.50. The van der Waals surface area contributed by atoms with Gasteiger partial charge in [0.25, 0.3) is 5.91 Å². The number of hydrogen-bond acceptors (Lipinski definition) is 3. The molecule has 5 heteroatoms. The van der Waals surface area contributed by atoms with E-state index in [0.717, 1.165) is 32.2 Å². The highest BCUT2D eigenvalue weighted by atomic mass is 16.4. The first kappa shape index (κ1) is 16.5. The highest BCUT2D eigenvalue weighted by Crippen LogP contribution is 2.27. The van der Waals surface area contributed by atoms with Crippen LogP contribution in [0.5, 0.6) is 0 Å². The Bertz CT molecular complexity index is 571. The second-order valence-corrected chi connectivity index (χ2v) is 6.11. The number of pyridine rings is 1. The number of hydrogen-bond donors (Lipinski definition) is 1. The van der Waals surface area contributed by atoms with Crippen molar-refractivity contribution in [2.24, 2.45) is 5.92 Å². The van der Waals surface area contributed by atoms with Crippen LogP contribution in [0.3, 0.4) is 0 Å². The van der Waals surface area contributed by atoms with Gasteiger partial charge >= 0.3 is 5.97 Å². The van der Waals surface area contributed by atoms with E-state index in [4.69, 9.17) is 5.11 Å². The second kappa shape index (κ2) is 6.90. The van der Waals surface area contributed by atoms with E-state index in [0.29, 0.717) is 17.3 Å². The summed E-state index contributed by atoms with van der Waals surface area (Å²) in [6, 6.07) is 3.26. The molecule has 2 heterocycles. The lowest BCUT2D eigenvalue weighted by atomic mass is 9.87. The molecule has 1 aromatic heterocycles. The van der Waals surface area contributed by atoms with Crippen molar-refractivity contribution in [3.8, 4) is 0 Å². The molecule has 2 unspecified atom stereocenters. The molecule has 1 fully saturated rings. The lowest BCUT2D eigenvalue weighted by molar-refractivity contribution is 0.0490. The van der Waals surface area contributed by atoms with Gasteiger partial charge in [-0.2, -0.15) is 0 Å². The molecule has 0 saturated carbocycles. The minimum absolute atomic E-state index is 0.0787. The van der Waals surface area contributed by atoms with Crippen LogP contribution in [0.25, 0.3) is 0 Å². The molecule has 22 heavy (non-hydrogen) atoms. The van der Waals surface area contributed by atoms with Crippen molar-refractivity contribution < 1.29 is 14.7 Å². The largest absolute Gasteiger partial charge is 0.478 e. The molecule has 0 spiro atoms. The Morgan fingerprint density at radius 2 is 2.14 bits per heavy atom. The summed E-state index contributed by atoms with van der Waals surface area (Å²) in [7, 11) is 0. The van der Waals surface area contributed by atoms with E-state index in [2.05, 4.69) is 18.8 Å². The van der Waals surface area contributed by atoms with Crippen molar-refractivity contribution in [2.75, 3.05) is 6.54 Å². The van der Waals surface area contributed by atoms with Crippen molar-refractivity contribution in [1.82, 2.24) is 9.88 Å². The molecule has 2 atom stereocenters. The molecule has 1 N–H and O–H groups in total. The van der Waals surface area contributed by atoms with E-state index in [1.165, 1.54) is 12.1 Å². The maximum atomic E-state index is 12.8. The first-order valence-electron chi connectivity index (χ1n) is 7.97. The number of likely N-dealkylation sites (tertiary alicyclic amines) is 1. The summed E-state index contributed by atoms with van der Waals surface area (Å²) >= 11 is 0. The van der Waals surface area contributed by atoms with Gasteiger partial charge in [0, 0.05) is 12.6 Å². The van der Waals surface area contributed by atoms with Crippen LogP contribution < -0.4 is 0 Å². The van der Waals surface area contributed by atoms with Gasteiger partial charge in [0.15, 0.2) is 0 Å². The number of piperidine rings is 1. The zero-order valence-electron chi connectivity index (χ0n) is 13.5. The molecule has 1 amide bonds. The van der Waals surface area contributed by atoms with Crippen LogP contribution in [0.15, 0.2) is 12.1 Å². The van der Waals surface area contributed by atoms with E-state index >= 15 is 0 Å². The number of nitrogens with zero attached hydrogens (tertiary/aromatic N) is 2. The number of rotatable bonds is 4. The third kappa shape index (κ3) is 3.29. The van der Waals surface area contributed by atoms with Crippen LogP contribution in [0.4, 0.5) is 0 Å². The number of carbonyl (C=O) groups excluding carboxylic acids is 1. The minimum Gasteiger partial charge on any atom is -0.478 e. The van der Waals surface area contributed by atoms with E-state index < -0.39 is 5.97 Å². The highest BCUT2D eigenvalue weighted by molar-refractivity contribution is 5.94. The Labute approximate surface area is 131 Å². The fraction of sp³-hybridized carbons (Fsp3) is 0.588. The number of amides is 1. The summed E-state index contributed by atoms with van der Waals surface area (Å²) in [5.74, 6) is -0.596. The predicted molar refractivity (Wildman–Crippen MR) is 84.1 cm³/mol. The van der Waals surface area contributed by atoms with Crippen LogP contribution in [0.1, 0.15) is 66.1 Å². The summed E-state index contributed by atoms with van der Waals surface area (Å²) in [6.45, 7) is 6.72. The Balaban J connectivity index is 2.26. The third-order valence-corrected chi connectivity index (χ3v) is 4.50. The number of carbonyl (C=O) groups is 2. The number of aryl methyl sites for hydroxylation is 1. The molecule has 0 bridgehead atoms. The Hall–Kier alpha value is -1.91. The van der Waals surface area contributed by atoms with Crippen molar-refractivity contribution in [1.29, 1.82) is 0 Å². The molecular weight excluding hydrogens is 280 g/mol. The summed E-state index contributed by atoms with van der Waals surface area (Å²) in [6.07, 6.45) is 4.21. The van der Waals surface area contributed by atoms with Gasteiger partial charge < -0.3 is 10.0 Å². The van der Waals surface area contributed by atoms with Gasteiger partial charge in [0.1, 0.15) is 5.69 Å². The van der Waals surface area contributed by atoms with Crippen LogP contribution in [0, 0.1) is 12.8 Å². The fourth-order valence-corrected chi connectivity index (χ4v) is 3.29. The molecule has 0 radical (unpaired) electrons. The number of carboxylic acids is 1. The van der Waals surface area contributed by atoms with Gasteiger partial charge in [-0.15, -0.1) is 0 Å². The van der Waals surface area contributed by atoms with Gasteiger partial charge in [-0.25, -0.2) is 9.78 Å². The van der Waals surface area contributed by atoms with E-state index in [1.807, 2.05) is 4.90 Å². The monoisotopic (exact) mass is 304 g/mol. The highest BCUT2D eigenvalue weighted by Gasteiger charge is 2.32. The molecule has 5 nitrogen and oxygen atoms in total. The molecule has 1 saturated heterocycles. The van der Waals surface area contributed by atoms with Gasteiger partial charge in [-0.05, 0) is 44.2 Å². The first-order valence-corrected chi connectivity index (χ1v) is 7.97. The molecule has 1 aromatic rings. The molecule has 1 aliphatic rings. The maximum absolute atomic E-state index is 12.8. The average molecular weight is 304 g/mol. The van der Waals surface area contributed by atoms with Gasteiger partial charge in [0.2, 0.25) is 0 Å². The number of carboxylic acid groups (broad SMARTS) is 1. The maximum Gasteiger partial charge on any atom is 0.337 e. The minimum atomic E-state index is -1.01. The summed E-state index contributed by atoms with van der Waals surface area (Å²) in [5.41, 5.74) is 0.877. The molecule has 0 aromatic carbocycles. The summed E-state index contributed by atoms with van der Waals surface area (Å²) in [5, 5.41) is 9.06. The Morgan fingerprint density at radius 1 is 1.41 bits per heavy atom. The van der Waals surface area contributed by atoms with Gasteiger partial charge in [0.05, 0.1) is 11.3 Å². The summed E-state index contributed by atoms with van der Waals surface area (Å²) in [4.78, 5) is 30.0. The molecule has 0 aliphatic carbocycles. The average Bonchev–Trinajstić information content (AvgIpc) is 2.48. The quantitative estimate of drug-likeness (QED) is 0.927. The van der Waals surface area contributed by atoms with Crippen molar-refractivity contribution in [2.45, 2.75) is 52.5 Å². The smallest absolute Gasteiger partial charge is 0.337 e. The van der Waals surface area contributed by atoms with Crippen molar-refractivity contribution in [3.63, 3.8) is 0 Å². The van der Waals surface area contributed by atoms with E-state index in [-0.39, 0.29) is 17.5 Å². The van der Waals surface area contributed by atoms with Crippen LogP contribution >= 0.6 is 0 Å². The van der Waals surface area contributed by atoms with Gasteiger partial charge in [-0.3, -0.25) is 4.79 Å². The zero-order valence-corrected chi connectivity index (χ0v) is 13.5. The molecule has 2 rings (SSSR count). The van der Waals surface area contributed by atoms with Gasteiger partial charge in [-0.1, -0.05) is 20.3 Å². The SMILES string of the molecule is CCCC1C(C)CCCN1C(=O)c1ccc(C(=O)O)c(C)n1. The Morgan fingerprint density at radius 3 is 2.73 bits per heavy atom.